The average Bonchev–Trinajstić information content (AvgIpc) is 1.82. The summed E-state index contributed by atoms with van der Waals surface area (Å²) in [7, 11) is 0. The van der Waals surface area contributed by atoms with Crippen molar-refractivity contribution in [2.45, 2.75) is 11.7 Å². The Balaban J connectivity index is 3.54. The van der Waals surface area contributed by atoms with E-state index in [0.29, 0.717) is 13.0 Å². The average molecular weight is 171 g/mol. The van der Waals surface area contributed by atoms with E-state index in [1.54, 1.807) is 0 Å². The molecular formula is C4H9ClNO2S-. The molecule has 2 atom stereocenters. The standard InChI is InChI=1S/C4H10ClNO2S/c5-3-4(1-2-6)9(7)8/h4H,1-3,6H2,(H,7,8)/p-1. The Bertz CT molecular complexity index is 101. The molecule has 0 aromatic carbocycles. The first kappa shape index (κ1) is 9.36. The molecule has 0 aromatic heterocycles. The van der Waals surface area contributed by atoms with Gasteiger partial charge < -0.3 is 10.3 Å². The van der Waals surface area contributed by atoms with Gasteiger partial charge in [0.25, 0.3) is 0 Å². The largest absolute Gasteiger partial charge is 0.772 e. The van der Waals surface area contributed by atoms with Crippen molar-refractivity contribution in [3.63, 3.8) is 0 Å². The van der Waals surface area contributed by atoms with E-state index in [-0.39, 0.29) is 5.88 Å². The van der Waals surface area contributed by atoms with Crippen LogP contribution in [0, 0.1) is 0 Å². The molecule has 2 N–H and O–H groups in total. The molecule has 0 heterocycles. The van der Waals surface area contributed by atoms with Gasteiger partial charge in [-0.3, -0.25) is 4.21 Å². The van der Waals surface area contributed by atoms with Crippen LogP contribution in [0.2, 0.25) is 0 Å². The van der Waals surface area contributed by atoms with Gasteiger partial charge in [0.2, 0.25) is 0 Å². The van der Waals surface area contributed by atoms with Crippen LogP contribution in [0.4, 0.5) is 0 Å². The van der Waals surface area contributed by atoms with Crippen molar-refractivity contribution in [3.05, 3.63) is 0 Å². The lowest BCUT2D eigenvalue weighted by Crippen LogP contribution is -2.20. The molecule has 0 saturated heterocycles. The van der Waals surface area contributed by atoms with Crippen LogP contribution in [0.5, 0.6) is 0 Å². The molecule has 2 unspecified atom stereocenters. The van der Waals surface area contributed by atoms with Crippen LogP contribution in [-0.2, 0) is 11.1 Å². The van der Waals surface area contributed by atoms with Crippen LogP contribution < -0.4 is 5.73 Å². The number of nitrogens with two attached hydrogens (primary N) is 1. The van der Waals surface area contributed by atoms with Crippen LogP contribution in [0.1, 0.15) is 6.42 Å². The van der Waals surface area contributed by atoms with Crippen LogP contribution in [0.25, 0.3) is 0 Å². The summed E-state index contributed by atoms with van der Waals surface area (Å²) >= 11 is 3.23. The zero-order chi connectivity index (χ0) is 7.28. The maximum Gasteiger partial charge on any atom is 0.0363 e. The van der Waals surface area contributed by atoms with Crippen molar-refractivity contribution in [3.8, 4) is 0 Å². The summed E-state index contributed by atoms with van der Waals surface area (Å²) in [5, 5.41) is -0.475. The number of rotatable bonds is 4. The van der Waals surface area contributed by atoms with Crippen molar-refractivity contribution < 1.29 is 8.76 Å². The van der Waals surface area contributed by atoms with E-state index in [2.05, 4.69) is 0 Å². The maximum absolute atomic E-state index is 10.2. The van der Waals surface area contributed by atoms with Crippen LogP contribution >= 0.6 is 11.6 Å². The minimum Gasteiger partial charge on any atom is -0.772 e. The third-order valence-electron chi connectivity index (χ3n) is 0.933. The summed E-state index contributed by atoms with van der Waals surface area (Å²) in [5.74, 6) is 0.132. The predicted molar refractivity (Wildman–Crippen MR) is 37.1 cm³/mol. The fourth-order valence-electron chi connectivity index (χ4n) is 0.411. The van der Waals surface area contributed by atoms with Gasteiger partial charge in [0.1, 0.15) is 0 Å². The zero-order valence-corrected chi connectivity index (χ0v) is 6.45. The minimum atomic E-state index is -2.07. The van der Waals surface area contributed by atoms with Gasteiger partial charge >= 0.3 is 0 Å². The molecule has 0 bridgehead atoms. The fourth-order valence-corrected chi connectivity index (χ4v) is 1.31. The summed E-state index contributed by atoms with van der Waals surface area (Å²) in [4.78, 5) is 0. The van der Waals surface area contributed by atoms with Crippen molar-refractivity contribution in [2.75, 3.05) is 12.4 Å². The molecule has 0 spiro atoms. The Hall–Kier alpha value is 0.360. The Labute approximate surface area is 61.9 Å². The van der Waals surface area contributed by atoms with Gasteiger partial charge in [-0.05, 0) is 13.0 Å². The maximum atomic E-state index is 10.2. The van der Waals surface area contributed by atoms with E-state index in [0.717, 1.165) is 0 Å². The highest BCUT2D eigenvalue weighted by Gasteiger charge is 2.04. The Morgan fingerprint density at radius 3 is 2.44 bits per heavy atom. The molecule has 3 nitrogen and oxygen atoms in total. The highest BCUT2D eigenvalue weighted by molar-refractivity contribution is 7.79. The van der Waals surface area contributed by atoms with E-state index >= 15 is 0 Å². The van der Waals surface area contributed by atoms with Crippen molar-refractivity contribution >= 4 is 22.7 Å². The number of halogens is 1. The highest BCUT2D eigenvalue weighted by atomic mass is 35.5. The Morgan fingerprint density at radius 2 is 2.33 bits per heavy atom. The molecular weight excluding hydrogens is 162 g/mol. The smallest absolute Gasteiger partial charge is 0.0363 e. The second-order valence-corrected chi connectivity index (χ2v) is 3.11. The summed E-state index contributed by atoms with van der Waals surface area (Å²) < 4.78 is 20.4. The van der Waals surface area contributed by atoms with Gasteiger partial charge in [0, 0.05) is 11.1 Å². The minimum absolute atomic E-state index is 0.132. The molecule has 0 amide bonds. The molecule has 0 radical (unpaired) electrons. The predicted octanol–water partition coefficient (Wildman–Crippen LogP) is -0.178. The van der Waals surface area contributed by atoms with Gasteiger partial charge in [-0.1, -0.05) is 11.1 Å². The quantitative estimate of drug-likeness (QED) is 0.470. The van der Waals surface area contributed by atoms with Gasteiger partial charge in [-0.15, -0.1) is 11.6 Å². The molecule has 0 aliphatic heterocycles. The molecule has 56 valence electrons. The molecule has 0 aliphatic rings. The monoisotopic (exact) mass is 170 g/mol. The normalized spacial score (nSPS) is 17.2. The highest BCUT2D eigenvalue weighted by Crippen LogP contribution is 2.00. The van der Waals surface area contributed by atoms with Crippen molar-refractivity contribution in [1.29, 1.82) is 0 Å². The van der Waals surface area contributed by atoms with Gasteiger partial charge in [0.05, 0.1) is 0 Å². The third kappa shape index (κ3) is 3.86. The molecule has 0 aliphatic carbocycles. The van der Waals surface area contributed by atoms with E-state index in [9.17, 15) is 8.76 Å². The van der Waals surface area contributed by atoms with Crippen LogP contribution in [0.15, 0.2) is 0 Å². The summed E-state index contributed by atoms with van der Waals surface area (Å²) in [6, 6.07) is 0. The molecule has 5 heteroatoms. The van der Waals surface area contributed by atoms with E-state index in [1.807, 2.05) is 0 Å². The second kappa shape index (κ2) is 5.17. The first-order chi connectivity index (χ1) is 4.22. The topological polar surface area (TPSA) is 66.2 Å². The fraction of sp³-hybridized carbons (Fsp3) is 1.00. The van der Waals surface area contributed by atoms with Gasteiger partial charge in [-0.2, -0.15) is 0 Å². The third-order valence-corrected chi connectivity index (χ3v) is 2.44. The van der Waals surface area contributed by atoms with E-state index in [1.165, 1.54) is 0 Å². The Kier molecular flexibility index (Phi) is 5.38. The van der Waals surface area contributed by atoms with Crippen LogP contribution in [-0.4, -0.2) is 26.4 Å². The van der Waals surface area contributed by atoms with E-state index in [4.69, 9.17) is 17.3 Å². The first-order valence-corrected chi connectivity index (χ1v) is 4.23. The number of alkyl halides is 1. The van der Waals surface area contributed by atoms with Crippen LogP contribution in [0.3, 0.4) is 0 Å². The summed E-state index contributed by atoms with van der Waals surface area (Å²) in [6.07, 6.45) is 0.444. The number of hydrogen-bond acceptors (Lipinski definition) is 3. The summed E-state index contributed by atoms with van der Waals surface area (Å²) in [5.41, 5.74) is 5.11. The SMILES string of the molecule is NCCC(CCl)S(=O)[O-]. The number of hydrogen-bond donors (Lipinski definition) is 1. The molecule has 9 heavy (non-hydrogen) atoms. The molecule has 0 aromatic rings. The molecule has 0 saturated carbocycles. The van der Waals surface area contributed by atoms with E-state index < -0.39 is 16.3 Å². The molecule has 0 rings (SSSR count). The lowest BCUT2D eigenvalue weighted by Gasteiger charge is -2.14. The van der Waals surface area contributed by atoms with Gasteiger partial charge in [0.15, 0.2) is 0 Å². The lowest BCUT2D eigenvalue weighted by molar-refractivity contribution is 0.522. The van der Waals surface area contributed by atoms with Crippen molar-refractivity contribution in [2.24, 2.45) is 5.73 Å². The van der Waals surface area contributed by atoms with Gasteiger partial charge in [-0.25, -0.2) is 0 Å². The Morgan fingerprint density at radius 1 is 1.78 bits per heavy atom. The molecule has 0 fully saturated rings. The first-order valence-electron chi connectivity index (χ1n) is 2.56. The van der Waals surface area contributed by atoms with Crippen molar-refractivity contribution in [1.82, 2.24) is 0 Å². The zero-order valence-electron chi connectivity index (χ0n) is 4.88. The second-order valence-electron chi connectivity index (χ2n) is 1.61. The summed E-state index contributed by atoms with van der Waals surface area (Å²) in [6.45, 7) is 0.366. The lowest BCUT2D eigenvalue weighted by atomic mass is 10.3.